The average molecular weight is 394 g/mol. The van der Waals surface area contributed by atoms with Gasteiger partial charge in [-0.05, 0) is 63.5 Å². The molecular weight excluding hydrogens is 369 g/mol. The normalized spacial score (nSPS) is 23.9. The third-order valence-corrected chi connectivity index (χ3v) is 6.74. The number of nitrogens with one attached hydrogen (secondary N) is 1. The highest BCUT2D eigenvalue weighted by Gasteiger charge is 2.39. The van der Waals surface area contributed by atoms with Crippen molar-refractivity contribution in [1.82, 2.24) is 19.7 Å². The summed E-state index contributed by atoms with van der Waals surface area (Å²) in [6.45, 7) is -0.192. The summed E-state index contributed by atoms with van der Waals surface area (Å²) in [5, 5.41) is 5.27. The van der Waals surface area contributed by atoms with Crippen molar-refractivity contribution in [3.05, 3.63) is 27.2 Å². The van der Waals surface area contributed by atoms with E-state index in [0.29, 0.717) is 12.5 Å². The van der Waals surface area contributed by atoms with E-state index in [4.69, 9.17) is 0 Å². The van der Waals surface area contributed by atoms with Gasteiger partial charge in [0.2, 0.25) is 0 Å². The highest BCUT2D eigenvalue weighted by atomic mass is 19.4. The number of aromatic amines is 1. The summed E-state index contributed by atoms with van der Waals surface area (Å²) in [4.78, 5) is 17.8. The SMILES string of the molecule is O=c1[nH]c2c(c([C@H]3CCCN3C3CCC3)nn2CC(F)(F)F)c2c1CCCC2. The summed E-state index contributed by atoms with van der Waals surface area (Å²) in [5.74, 6) is 0. The fourth-order valence-electron chi connectivity index (χ4n) is 5.28. The molecule has 28 heavy (non-hydrogen) atoms. The van der Waals surface area contributed by atoms with Gasteiger partial charge in [0.1, 0.15) is 12.2 Å². The molecule has 2 aromatic rings. The molecular formula is C20H25F3N4O. The number of pyridine rings is 1. The van der Waals surface area contributed by atoms with E-state index in [1.54, 1.807) is 0 Å². The predicted molar refractivity (Wildman–Crippen MR) is 99.4 cm³/mol. The van der Waals surface area contributed by atoms with Crippen molar-refractivity contribution < 1.29 is 13.2 Å². The largest absolute Gasteiger partial charge is 0.408 e. The van der Waals surface area contributed by atoms with Gasteiger partial charge < -0.3 is 4.98 Å². The number of aromatic nitrogens is 3. The number of nitrogens with zero attached hydrogens (tertiary/aromatic N) is 3. The van der Waals surface area contributed by atoms with Gasteiger partial charge in [-0.2, -0.15) is 18.3 Å². The van der Waals surface area contributed by atoms with Crippen molar-refractivity contribution in [2.45, 2.75) is 82.6 Å². The zero-order valence-electron chi connectivity index (χ0n) is 15.8. The van der Waals surface area contributed by atoms with Gasteiger partial charge in [0.15, 0.2) is 0 Å². The number of rotatable bonds is 3. The lowest BCUT2D eigenvalue weighted by atomic mass is 9.88. The lowest BCUT2D eigenvalue weighted by molar-refractivity contribution is -0.142. The van der Waals surface area contributed by atoms with Crippen LogP contribution in [-0.2, 0) is 19.4 Å². The van der Waals surface area contributed by atoms with Crippen molar-refractivity contribution in [3.63, 3.8) is 0 Å². The molecule has 0 spiro atoms. The molecule has 1 atom stereocenters. The van der Waals surface area contributed by atoms with Crippen LogP contribution in [0.2, 0.25) is 0 Å². The fraction of sp³-hybridized carbons (Fsp3) is 0.700. The fourth-order valence-corrected chi connectivity index (χ4v) is 5.28. The molecule has 8 heteroatoms. The van der Waals surface area contributed by atoms with Crippen LogP contribution in [0, 0.1) is 0 Å². The van der Waals surface area contributed by atoms with Crippen molar-refractivity contribution in [1.29, 1.82) is 0 Å². The van der Waals surface area contributed by atoms with Crippen LogP contribution in [0.4, 0.5) is 13.2 Å². The number of likely N-dealkylation sites (tertiary alicyclic amines) is 1. The zero-order chi connectivity index (χ0) is 19.5. The Morgan fingerprint density at radius 2 is 1.79 bits per heavy atom. The summed E-state index contributed by atoms with van der Waals surface area (Å²) in [6, 6.07) is 0.577. The molecule has 0 unspecified atom stereocenters. The van der Waals surface area contributed by atoms with E-state index in [0.717, 1.165) is 78.4 Å². The summed E-state index contributed by atoms with van der Waals surface area (Å²) in [7, 11) is 0. The van der Waals surface area contributed by atoms with Crippen LogP contribution in [0.3, 0.4) is 0 Å². The zero-order valence-corrected chi connectivity index (χ0v) is 15.8. The summed E-state index contributed by atoms with van der Waals surface area (Å²) in [5.41, 5.74) is 2.43. The Morgan fingerprint density at radius 3 is 2.46 bits per heavy atom. The van der Waals surface area contributed by atoms with E-state index in [9.17, 15) is 18.0 Å². The molecule has 1 saturated heterocycles. The molecule has 3 heterocycles. The Balaban J connectivity index is 1.70. The molecule has 0 amide bonds. The molecule has 2 aromatic heterocycles. The van der Waals surface area contributed by atoms with Gasteiger partial charge in [-0.25, -0.2) is 4.68 Å². The Bertz CT molecular complexity index is 957. The first-order valence-electron chi connectivity index (χ1n) is 10.4. The van der Waals surface area contributed by atoms with Crippen LogP contribution in [0.5, 0.6) is 0 Å². The van der Waals surface area contributed by atoms with Crippen molar-refractivity contribution in [2.24, 2.45) is 0 Å². The minimum Gasteiger partial charge on any atom is -0.307 e. The Kier molecular flexibility index (Phi) is 4.30. The second-order valence-electron chi connectivity index (χ2n) is 8.48. The molecule has 0 radical (unpaired) electrons. The predicted octanol–water partition coefficient (Wildman–Crippen LogP) is 3.86. The van der Waals surface area contributed by atoms with Gasteiger partial charge in [-0.1, -0.05) is 6.42 Å². The van der Waals surface area contributed by atoms with E-state index >= 15 is 0 Å². The first-order chi connectivity index (χ1) is 13.4. The molecule has 1 N–H and O–H groups in total. The second-order valence-corrected chi connectivity index (χ2v) is 8.48. The number of alkyl halides is 3. The van der Waals surface area contributed by atoms with Crippen molar-refractivity contribution in [2.75, 3.05) is 6.54 Å². The Morgan fingerprint density at radius 1 is 1.04 bits per heavy atom. The Hall–Kier alpha value is -1.83. The molecule has 5 rings (SSSR count). The maximum absolute atomic E-state index is 13.2. The maximum Gasteiger partial charge on any atom is 0.408 e. The van der Waals surface area contributed by atoms with Gasteiger partial charge >= 0.3 is 6.18 Å². The standard InChI is InChI=1S/C20H25F3N4O/c21-20(22,23)11-27-18-16(13-7-1-2-8-14(13)19(28)24-18)17(25-27)15-9-4-10-26(15)12-5-3-6-12/h12,15H,1-11H2,(H,24,28)/t15-/m1/s1. The summed E-state index contributed by atoms with van der Waals surface area (Å²) in [6.07, 6.45) is 4.48. The third-order valence-electron chi connectivity index (χ3n) is 6.74. The van der Waals surface area contributed by atoms with E-state index in [1.165, 1.54) is 6.42 Å². The molecule has 1 aliphatic heterocycles. The van der Waals surface area contributed by atoms with Crippen LogP contribution in [0.1, 0.15) is 67.8 Å². The van der Waals surface area contributed by atoms with Gasteiger partial charge in [-0.3, -0.25) is 9.69 Å². The monoisotopic (exact) mass is 394 g/mol. The maximum atomic E-state index is 13.2. The van der Waals surface area contributed by atoms with E-state index in [1.807, 2.05) is 0 Å². The van der Waals surface area contributed by atoms with Gasteiger partial charge in [0.05, 0.1) is 11.7 Å². The first-order valence-corrected chi connectivity index (χ1v) is 10.4. The molecule has 2 aliphatic carbocycles. The molecule has 3 aliphatic rings. The van der Waals surface area contributed by atoms with E-state index < -0.39 is 12.7 Å². The molecule has 1 saturated carbocycles. The number of hydrogen-bond acceptors (Lipinski definition) is 3. The van der Waals surface area contributed by atoms with Crippen molar-refractivity contribution >= 4 is 11.0 Å². The number of H-pyrrole nitrogens is 1. The number of hydrogen-bond donors (Lipinski definition) is 1. The lowest BCUT2D eigenvalue weighted by Crippen LogP contribution is -2.39. The quantitative estimate of drug-likeness (QED) is 0.860. The summed E-state index contributed by atoms with van der Waals surface area (Å²) >= 11 is 0. The van der Waals surface area contributed by atoms with Gasteiger partial charge in [0.25, 0.3) is 5.56 Å². The number of aryl methyl sites for hydroxylation is 1. The van der Waals surface area contributed by atoms with Gasteiger partial charge in [0, 0.05) is 17.0 Å². The molecule has 152 valence electrons. The van der Waals surface area contributed by atoms with Crippen LogP contribution in [-0.4, -0.2) is 38.4 Å². The van der Waals surface area contributed by atoms with Crippen molar-refractivity contribution in [3.8, 4) is 0 Å². The molecule has 5 nitrogen and oxygen atoms in total. The number of halogens is 3. The van der Waals surface area contributed by atoms with Gasteiger partial charge in [-0.15, -0.1) is 0 Å². The average Bonchev–Trinajstić information content (AvgIpc) is 3.18. The van der Waals surface area contributed by atoms with Crippen LogP contribution >= 0.6 is 0 Å². The number of fused-ring (bicyclic) bond motifs is 3. The molecule has 2 fully saturated rings. The molecule has 0 aromatic carbocycles. The third kappa shape index (κ3) is 2.96. The van der Waals surface area contributed by atoms with Crippen LogP contribution in [0.15, 0.2) is 4.79 Å². The topological polar surface area (TPSA) is 53.9 Å². The van der Waals surface area contributed by atoms with Crippen LogP contribution < -0.4 is 5.56 Å². The smallest absolute Gasteiger partial charge is 0.307 e. The first kappa shape index (κ1) is 18.2. The molecule has 0 bridgehead atoms. The Labute approximate surface area is 160 Å². The van der Waals surface area contributed by atoms with E-state index in [2.05, 4.69) is 15.0 Å². The second kappa shape index (κ2) is 6.61. The van der Waals surface area contributed by atoms with E-state index in [-0.39, 0.29) is 17.2 Å². The lowest BCUT2D eigenvalue weighted by Gasteiger charge is -2.38. The highest BCUT2D eigenvalue weighted by molar-refractivity contribution is 5.84. The minimum absolute atomic E-state index is 0.0548. The van der Waals surface area contributed by atoms with Crippen LogP contribution in [0.25, 0.3) is 11.0 Å². The minimum atomic E-state index is -4.38. The summed E-state index contributed by atoms with van der Waals surface area (Å²) < 4.78 is 40.6. The highest BCUT2D eigenvalue weighted by Crippen LogP contribution is 2.42.